The zero-order valence-corrected chi connectivity index (χ0v) is 21.0. The van der Waals surface area contributed by atoms with Crippen molar-refractivity contribution in [3.63, 3.8) is 0 Å². The normalized spacial score (nSPS) is 11.0. The van der Waals surface area contributed by atoms with Crippen molar-refractivity contribution in [1.29, 1.82) is 0 Å². The number of hydrogen-bond donors (Lipinski definition) is 0. The second-order valence-electron chi connectivity index (χ2n) is 6.92. The van der Waals surface area contributed by atoms with Crippen LogP contribution in [0.4, 0.5) is 0 Å². The Morgan fingerprint density at radius 2 is 0.967 bits per heavy atom. The quantitative estimate of drug-likeness (QED) is 0.137. The Morgan fingerprint density at radius 1 is 0.567 bits per heavy atom. The van der Waals surface area contributed by atoms with E-state index in [-0.39, 0.29) is 5.78 Å². The van der Waals surface area contributed by atoms with Crippen LogP contribution in [0, 0.1) is 0 Å². The van der Waals surface area contributed by atoms with Gasteiger partial charge in [-0.1, -0.05) is 0 Å². The molecule has 0 aliphatic rings. The summed E-state index contributed by atoms with van der Waals surface area (Å²) in [5.41, 5.74) is 1.57. The molecule has 0 spiro atoms. The van der Waals surface area contributed by atoms with Crippen LogP contribution in [-0.4, -0.2) is 28.9 Å². The van der Waals surface area contributed by atoms with E-state index in [1.54, 1.807) is 6.08 Å². The maximum absolute atomic E-state index is 13.0. The molecule has 30 heavy (non-hydrogen) atoms. The molecule has 4 aromatic carbocycles. The Kier molecular flexibility index (Phi) is 6.88. The SMILES string of the molecule is O=C(/C=C(\[O][Tl]([c]1ccccc1)[c]1ccccc1)c1ccccc1)c1ccccc1. The molecule has 0 heterocycles. The van der Waals surface area contributed by atoms with Crippen molar-refractivity contribution in [2.45, 2.75) is 0 Å². The first-order valence-corrected chi connectivity index (χ1v) is 16.3. The van der Waals surface area contributed by atoms with Crippen molar-refractivity contribution in [2.75, 3.05) is 0 Å². The van der Waals surface area contributed by atoms with Crippen LogP contribution in [0.1, 0.15) is 15.9 Å². The van der Waals surface area contributed by atoms with E-state index in [2.05, 4.69) is 48.5 Å². The van der Waals surface area contributed by atoms with Crippen LogP contribution in [0.3, 0.4) is 0 Å². The van der Waals surface area contributed by atoms with Gasteiger partial charge in [-0.2, -0.15) is 0 Å². The van der Waals surface area contributed by atoms with E-state index in [0.717, 1.165) is 5.56 Å². The van der Waals surface area contributed by atoms with Gasteiger partial charge in [-0.05, 0) is 0 Å². The Labute approximate surface area is 186 Å². The van der Waals surface area contributed by atoms with Gasteiger partial charge in [0.05, 0.1) is 0 Å². The molecule has 0 amide bonds. The molecule has 0 fully saturated rings. The van der Waals surface area contributed by atoms with Crippen LogP contribution in [0.25, 0.3) is 5.76 Å². The van der Waals surface area contributed by atoms with E-state index in [4.69, 9.17) is 2.69 Å². The average Bonchev–Trinajstić information content (AvgIpc) is 2.84. The van der Waals surface area contributed by atoms with E-state index in [0.29, 0.717) is 11.3 Å². The molecule has 4 aromatic rings. The molecular formula is C27H21O2Tl. The molecule has 0 radical (unpaired) electrons. The van der Waals surface area contributed by atoms with Gasteiger partial charge in [0.15, 0.2) is 0 Å². The van der Waals surface area contributed by atoms with Crippen LogP contribution in [0.5, 0.6) is 0 Å². The second-order valence-corrected chi connectivity index (χ2v) is 16.0. The van der Waals surface area contributed by atoms with Gasteiger partial charge in [0.2, 0.25) is 0 Å². The molecule has 0 atom stereocenters. The molecule has 0 unspecified atom stereocenters. The van der Waals surface area contributed by atoms with Crippen molar-refractivity contribution >= 4 is 40.9 Å². The van der Waals surface area contributed by atoms with Gasteiger partial charge in [0.1, 0.15) is 0 Å². The van der Waals surface area contributed by atoms with E-state index in [9.17, 15) is 4.79 Å². The summed E-state index contributed by atoms with van der Waals surface area (Å²) in [5.74, 6) is 0.589. The molecule has 0 saturated carbocycles. The van der Waals surface area contributed by atoms with Crippen LogP contribution in [0.2, 0.25) is 0 Å². The van der Waals surface area contributed by atoms with Crippen molar-refractivity contribution < 1.29 is 7.48 Å². The Balaban J connectivity index is 1.76. The van der Waals surface area contributed by atoms with Crippen LogP contribution < -0.4 is 6.25 Å². The fraction of sp³-hybridized carbons (Fsp3) is 0. The predicted octanol–water partition coefficient (Wildman–Crippen LogP) is 4.73. The molecule has 0 saturated heterocycles. The molecule has 0 bridgehead atoms. The monoisotopic (exact) mass is 582 g/mol. The average molecular weight is 582 g/mol. The second kappa shape index (κ2) is 10.2. The van der Waals surface area contributed by atoms with Crippen LogP contribution in [-0.2, 0) is 2.69 Å². The summed E-state index contributed by atoms with van der Waals surface area (Å²) < 4.78 is 9.26. The zero-order valence-electron chi connectivity index (χ0n) is 16.5. The summed E-state index contributed by atoms with van der Waals surface area (Å²) in [6.45, 7) is 0. The van der Waals surface area contributed by atoms with Gasteiger partial charge >= 0.3 is 187 Å². The molecule has 0 N–H and O–H groups in total. The third-order valence-corrected chi connectivity index (χ3v) is 14.4. The van der Waals surface area contributed by atoms with Crippen molar-refractivity contribution in [3.05, 3.63) is 139 Å². The summed E-state index contributed by atoms with van der Waals surface area (Å²) >= 11 is -3.08. The van der Waals surface area contributed by atoms with Gasteiger partial charge in [-0.25, -0.2) is 0 Å². The molecule has 0 aliphatic carbocycles. The van der Waals surface area contributed by atoms with Gasteiger partial charge in [0.25, 0.3) is 0 Å². The van der Waals surface area contributed by atoms with Gasteiger partial charge < -0.3 is 0 Å². The maximum atomic E-state index is 13.0. The Hall–Kier alpha value is -2.99. The summed E-state index contributed by atoms with van der Waals surface area (Å²) in [7, 11) is 0. The number of carbonyl (C=O) groups is 1. The van der Waals surface area contributed by atoms with Crippen molar-refractivity contribution in [3.8, 4) is 0 Å². The number of carbonyl (C=O) groups excluding carboxylic acids is 1. The minimum absolute atomic E-state index is 0.0530. The van der Waals surface area contributed by atoms with E-state index in [1.165, 1.54) is 6.25 Å². The topological polar surface area (TPSA) is 26.3 Å². The summed E-state index contributed by atoms with van der Waals surface area (Å²) in [4.78, 5) is 13.0. The third kappa shape index (κ3) is 5.13. The molecule has 4 rings (SSSR count). The molecule has 0 aromatic heterocycles. The molecular weight excluding hydrogens is 561 g/mol. The standard InChI is InChI=1S/C15H12O2.2C6H5.Tl/c16-14(12-7-3-1-4-8-12)11-15(17)13-9-5-2-6-10-13;2*1-2-4-6-5-3-1;/h1-11,16H;2*1-5H;/q;;;+1/p-1/b14-11-;;;. The third-order valence-electron chi connectivity index (χ3n) is 4.83. The van der Waals surface area contributed by atoms with Crippen molar-refractivity contribution in [1.82, 2.24) is 0 Å². The molecule has 2 nitrogen and oxygen atoms in total. The van der Waals surface area contributed by atoms with Crippen LogP contribution >= 0.6 is 0 Å². The molecule has 3 heteroatoms. The Morgan fingerprint density at radius 3 is 1.43 bits per heavy atom. The molecule has 0 aliphatic heterocycles. The number of rotatable bonds is 7. The summed E-state index contributed by atoms with van der Waals surface area (Å²) in [6.07, 6.45) is 1.64. The van der Waals surface area contributed by atoms with Crippen LogP contribution in [0.15, 0.2) is 127 Å². The molecule has 144 valence electrons. The van der Waals surface area contributed by atoms with Gasteiger partial charge in [-0.3, -0.25) is 0 Å². The number of ketones is 1. The summed E-state index contributed by atoms with van der Waals surface area (Å²) in [6, 6.07) is 40.0. The minimum atomic E-state index is -3.08. The zero-order chi connectivity index (χ0) is 20.6. The Bertz CT molecular complexity index is 1070. The fourth-order valence-corrected chi connectivity index (χ4v) is 12.1. The first-order chi connectivity index (χ1) is 14.8. The van der Waals surface area contributed by atoms with Gasteiger partial charge in [0, 0.05) is 0 Å². The number of allylic oxidation sites excluding steroid dienone is 1. The van der Waals surface area contributed by atoms with Crippen molar-refractivity contribution in [2.24, 2.45) is 0 Å². The number of hydrogen-bond acceptors (Lipinski definition) is 2. The predicted molar refractivity (Wildman–Crippen MR) is 124 cm³/mol. The van der Waals surface area contributed by atoms with E-state index in [1.807, 2.05) is 72.8 Å². The van der Waals surface area contributed by atoms with Gasteiger partial charge in [-0.15, -0.1) is 0 Å². The van der Waals surface area contributed by atoms with E-state index < -0.39 is 23.2 Å². The first kappa shape index (κ1) is 20.3. The van der Waals surface area contributed by atoms with E-state index >= 15 is 0 Å². The fourth-order valence-electron chi connectivity index (χ4n) is 3.30. The summed E-state index contributed by atoms with van der Waals surface area (Å²) in [5, 5.41) is 0. The first-order valence-electron chi connectivity index (χ1n) is 9.94. The number of benzene rings is 4.